The summed E-state index contributed by atoms with van der Waals surface area (Å²) in [5, 5.41) is 0. The molecule has 0 aromatic heterocycles. The van der Waals surface area contributed by atoms with Crippen molar-refractivity contribution in [2.45, 2.75) is 6.43 Å². The number of methoxy groups -OCH3 is 1. The second kappa shape index (κ2) is 9.86. The average Bonchev–Trinajstić information content (AvgIpc) is 2.50. The Balaban J connectivity index is 0.00000264. The zero-order valence-electron chi connectivity index (χ0n) is 12.6. The summed E-state index contributed by atoms with van der Waals surface area (Å²) >= 11 is 2.06. The number of halogens is 3. The van der Waals surface area contributed by atoms with E-state index < -0.39 is 13.0 Å². The number of alkyl halides is 2. The zero-order valence-corrected chi connectivity index (χ0v) is 17.6. The number of hydrogen-bond donors (Lipinski definition) is 0. The monoisotopic (exact) mass is 507 g/mol. The van der Waals surface area contributed by atoms with Crippen LogP contribution in [-0.4, -0.2) is 31.8 Å². The summed E-state index contributed by atoms with van der Waals surface area (Å²) in [4.78, 5) is 1.48. The van der Waals surface area contributed by atoms with Crippen molar-refractivity contribution in [1.29, 1.82) is 0 Å². The van der Waals surface area contributed by atoms with E-state index in [9.17, 15) is 8.78 Å². The van der Waals surface area contributed by atoms with E-state index in [0.29, 0.717) is 17.1 Å². The normalized spacial score (nSPS) is 14.3. The predicted octanol–water partition coefficient (Wildman–Crippen LogP) is 4.22. The Morgan fingerprint density at radius 3 is 2.52 bits per heavy atom. The maximum Gasteiger partial charge on any atom is 0.256 e. The van der Waals surface area contributed by atoms with Crippen molar-refractivity contribution >= 4 is 28.3 Å². The first-order chi connectivity index (χ1) is 10.5. The molecule has 0 unspecified atom stereocenters. The fraction of sp³-hybridized carbons (Fsp3) is 0.250. The Morgan fingerprint density at radius 2 is 1.96 bits per heavy atom. The molecule has 3 nitrogen and oxygen atoms in total. The van der Waals surface area contributed by atoms with Crippen LogP contribution in [0, 0.1) is 6.08 Å². The number of ether oxygens (including phenoxy) is 2. The fourth-order valence-corrected chi connectivity index (χ4v) is 2.42. The first-order valence-electron chi connectivity index (χ1n) is 6.49. The number of benzene rings is 1. The smallest absolute Gasteiger partial charge is 0.256 e. The third-order valence-corrected chi connectivity index (χ3v) is 3.93. The van der Waals surface area contributed by atoms with Crippen LogP contribution in [0.3, 0.4) is 0 Å². The van der Waals surface area contributed by atoms with Crippen molar-refractivity contribution in [2.75, 3.05) is 20.4 Å². The Bertz CT molecular complexity index is 603. The van der Waals surface area contributed by atoms with E-state index in [0.717, 1.165) is 9.14 Å². The summed E-state index contributed by atoms with van der Waals surface area (Å²) < 4.78 is 36.6. The standard InChI is InChI=1S/C16H15F2INO2.Y/c1-11-14(19)7-8-15(20(11)9-16(17)18)12-3-5-13(6-4-12)22-10-21-2;/h3-7,16H,1,9-10H2,2H3;/q-1;. The van der Waals surface area contributed by atoms with Gasteiger partial charge in [-0.15, -0.1) is 34.7 Å². The molecule has 1 radical (unpaired) electrons. The van der Waals surface area contributed by atoms with Gasteiger partial charge in [-0.25, -0.2) is 8.78 Å². The molecule has 1 aliphatic rings. The SMILES string of the molecule is C=C1C(I)=C[C-]=C(c2ccc(OCOC)cc2)N1CC(F)F.[Y]. The number of rotatable bonds is 6. The molecule has 0 atom stereocenters. The summed E-state index contributed by atoms with van der Waals surface area (Å²) in [7, 11) is 1.54. The summed E-state index contributed by atoms with van der Waals surface area (Å²) in [6.07, 6.45) is 2.33. The molecular formula is C16H15F2INO2Y-. The molecule has 0 amide bonds. The van der Waals surface area contributed by atoms with Gasteiger partial charge >= 0.3 is 0 Å². The molecule has 0 aliphatic carbocycles. The minimum Gasteiger partial charge on any atom is -0.468 e. The molecule has 1 aliphatic heterocycles. The van der Waals surface area contributed by atoms with E-state index in [4.69, 9.17) is 9.47 Å². The molecule has 7 heteroatoms. The van der Waals surface area contributed by atoms with Gasteiger partial charge in [0, 0.05) is 39.8 Å². The van der Waals surface area contributed by atoms with Gasteiger partial charge in [0.25, 0.3) is 6.43 Å². The summed E-state index contributed by atoms with van der Waals surface area (Å²) in [6.45, 7) is 3.62. The molecule has 0 N–H and O–H groups in total. The van der Waals surface area contributed by atoms with Gasteiger partial charge in [-0.1, -0.05) is 21.4 Å². The van der Waals surface area contributed by atoms with E-state index in [1.807, 2.05) is 0 Å². The van der Waals surface area contributed by atoms with Crippen molar-refractivity contribution in [3.05, 3.63) is 57.8 Å². The van der Waals surface area contributed by atoms with Gasteiger partial charge in [-0.05, 0) is 17.8 Å². The molecule has 0 spiro atoms. The predicted molar refractivity (Wildman–Crippen MR) is 89.5 cm³/mol. The van der Waals surface area contributed by atoms with E-state index >= 15 is 0 Å². The van der Waals surface area contributed by atoms with E-state index in [-0.39, 0.29) is 39.5 Å². The molecular weight excluding hydrogens is 492 g/mol. The van der Waals surface area contributed by atoms with Gasteiger partial charge in [-0.2, -0.15) is 12.2 Å². The number of nitrogens with zero attached hydrogens (tertiary/aromatic N) is 1. The average molecular weight is 507 g/mol. The first-order valence-corrected chi connectivity index (χ1v) is 7.57. The van der Waals surface area contributed by atoms with Gasteiger partial charge < -0.3 is 14.4 Å². The second-order valence-electron chi connectivity index (χ2n) is 4.51. The molecule has 1 aromatic rings. The zero-order chi connectivity index (χ0) is 16.1. The van der Waals surface area contributed by atoms with Gasteiger partial charge in [0.1, 0.15) is 5.75 Å². The van der Waals surface area contributed by atoms with Crippen LogP contribution in [0.5, 0.6) is 5.75 Å². The Kier molecular flexibility index (Phi) is 8.89. The van der Waals surface area contributed by atoms with Crippen molar-refractivity contribution < 1.29 is 51.0 Å². The molecule has 0 saturated heterocycles. The van der Waals surface area contributed by atoms with Crippen molar-refractivity contribution in [3.8, 4) is 5.75 Å². The fourth-order valence-electron chi connectivity index (χ4n) is 1.97. The number of allylic oxidation sites excluding steroid dienone is 3. The molecule has 1 aromatic carbocycles. The van der Waals surface area contributed by atoms with Crippen LogP contribution in [0.4, 0.5) is 8.78 Å². The van der Waals surface area contributed by atoms with Crippen molar-refractivity contribution in [1.82, 2.24) is 4.90 Å². The molecule has 2 rings (SSSR count). The Morgan fingerprint density at radius 1 is 1.30 bits per heavy atom. The third kappa shape index (κ3) is 5.62. The van der Waals surface area contributed by atoms with Crippen LogP contribution in [0.2, 0.25) is 0 Å². The van der Waals surface area contributed by atoms with Crippen molar-refractivity contribution in [3.63, 3.8) is 0 Å². The summed E-state index contributed by atoms with van der Waals surface area (Å²) in [5.41, 5.74) is 1.89. The minimum absolute atomic E-state index is 0. The molecule has 0 bridgehead atoms. The van der Waals surface area contributed by atoms with Crippen molar-refractivity contribution in [2.24, 2.45) is 0 Å². The van der Waals surface area contributed by atoms with Gasteiger partial charge in [0.2, 0.25) is 0 Å². The van der Waals surface area contributed by atoms with E-state index in [1.165, 1.54) is 12.0 Å². The molecule has 0 saturated carbocycles. The van der Waals surface area contributed by atoms with Crippen LogP contribution in [0.25, 0.3) is 5.70 Å². The van der Waals surface area contributed by atoms with Gasteiger partial charge in [-0.3, -0.25) is 0 Å². The Labute approximate surface area is 173 Å². The van der Waals surface area contributed by atoms with Crippen LogP contribution < -0.4 is 4.74 Å². The molecule has 121 valence electrons. The Hall–Kier alpha value is -0.306. The maximum atomic E-state index is 12.8. The molecule has 23 heavy (non-hydrogen) atoms. The first kappa shape index (κ1) is 20.7. The third-order valence-electron chi connectivity index (χ3n) is 3.00. The second-order valence-corrected chi connectivity index (χ2v) is 5.67. The van der Waals surface area contributed by atoms with E-state index in [1.54, 1.807) is 30.3 Å². The maximum absolute atomic E-state index is 12.8. The minimum atomic E-state index is -2.46. The largest absolute Gasteiger partial charge is 0.468 e. The quantitative estimate of drug-likeness (QED) is 0.327. The summed E-state index contributed by atoms with van der Waals surface area (Å²) in [6, 6.07) is 7.11. The van der Waals surface area contributed by atoms with Crippen LogP contribution in [-0.2, 0) is 37.4 Å². The van der Waals surface area contributed by atoms with Crippen LogP contribution in [0.1, 0.15) is 5.56 Å². The number of hydrogen-bond acceptors (Lipinski definition) is 3. The molecule has 1 heterocycles. The van der Waals surface area contributed by atoms with Gasteiger partial charge in [0.15, 0.2) is 6.79 Å². The van der Waals surface area contributed by atoms with Crippen LogP contribution >= 0.6 is 22.6 Å². The summed E-state index contributed by atoms with van der Waals surface area (Å²) in [5.74, 6) is 0.645. The topological polar surface area (TPSA) is 21.7 Å². The van der Waals surface area contributed by atoms with Crippen LogP contribution in [0.15, 0.2) is 46.2 Å². The van der Waals surface area contributed by atoms with Gasteiger partial charge in [0.05, 0.1) is 6.54 Å². The van der Waals surface area contributed by atoms with E-state index in [2.05, 4.69) is 35.2 Å². The molecule has 0 fully saturated rings.